The molecule has 3 aromatic carbocycles. The maximum atomic E-state index is 10.7. The summed E-state index contributed by atoms with van der Waals surface area (Å²) >= 11 is 0. The SMILES string of the molecule is CCC(COC(c1ccccc1)(c1ccccc1)c1ccccc1)OCCCCC(=O)O. The van der Waals surface area contributed by atoms with Gasteiger partial charge in [0.1, 0.15) is 5.60 Å². The van der Waals surface area contributed by atoms with Crippen LogP contribution in [0.5, 0.6) is 0 Å². The van der Waals surface area contributed by atoms with Crippen LogP contribution in [0.2, 0.25) is 0 Å². The largest absolute Gasteiger partial charge is 0.481 e. The lowest BCUT2D eigenvalue weighted by molar-refractivity contribution is -0.137. The summed E-state index contributed by atoms with van der Waals surface area (Å²) in [6.07, 6.45) is 2.26. The number of carboxylic acid groups (broad SMARTS) is 1. The van der Waals surface area contributed by atoms with Crippen molar-refractivity contribution in [2.75, 3.05) is 13.2 Å². The van der Waals surface area contributed by atoms with E-state index < -0.39 is 11.6 Å². The van der Waals surface area contributed by atoms with Gasteiger partial charge in [0.25, 0.3) is 0 Å². The molecule has 32 heavy (non-hydrogen) atoms. The third-order valence-electron chi connectivity index (χ3n) is 5.62. The number of carboxylic acids is 1. The molecule has 1 unspecified atom stereocenters. The van der Waals surface area contributed by atoms with Crippen LogP contribution in [-0.4, -0.2) is 30.4 Å². The molecular formula is C28H32O4. The standard InChI is InChI=1S/C28H32O4/c1-2-26(31-21-13-12-20-27(29)30)22-32-28(23-14-6-3-7-15-23,24-16-8-4-9-17-24)25-18-10-5-11-19-25/h3-11,14-19,26H,2,12-13,20-22H2,1H3,(H,29,30). The average molecular weight is 433 g/mol. The second-order valence-electron chi connectivity index (χ2n) is 7.84. The first-order valence-electron chi connectivity index (χ1n) is 11.3. The second kappa shape index (κ2) is 12.2. The number of ether oxygens (including phenoxy) is 2. The minimum atomic E-state index is -0.765. The monoisotopic (exact) mass is 432 g/mol. The Morgan fingerprint density at radius 1 is 0.812 bits per heavy atom. The molecule has 3 rings (SSSR count). The fraction of sp³-hybridized carbons (Fsp3) is 0.321. The Balaban J connectivity index is 1.87. The average Bonchev–Trinajstić information content (AvgIpc) is 2.84. The molecule has 3 aromatic rings. The van der Waals surface area contributed by atoms with E-state index in [1.165, 1.54) is 0 Å². The van der Waals surface area contributed by atoms with Crippen molar-refractivity contribution < 1.29 is 19.4 Å². The molecule has 4 heteroatoms. The zero-order chi connectivity index (χ0) is 22.7. The number of carbonyl (C=O) groups is 1. The molecule has 0 saturated heterocycles. The topological polar surface area (TPSA) is 55.8 Å². The predicted octanol–water partition coefficient (Wildman–Crippen LogP) is 6.05. The lowest BCUT2D eigenvalue weighted by atomic mass is 9.80. The molecule has 0 heterocycles. The van der Waals surface area contributed by atoms with Crippen LogP contribution < -0.4 is 0 Å². The van der Waals surface area contributed by atoms with Gasteiger partial charge in [-0.15, -0.1) is 0 Å². The van der Waals surface area contributed by atoms with Crippen LogP contribution in [0, 0.1) is 0 Å². The number of hydrogen-bond acceptors (Lipinski definition) is 3. The van der Waals surface area contributed by atoms with E-state index in [2.05, 4.69) is 43.3 Å². The molecule has 1 atom stereocenters. The quantitative estimate of drug-likeness (QED) is 0.264. The number of unbranched alkanes of at least 4 members (excludes halogenated alkanes) is 1. The van der Waals surface area contributed by atoms with Gasteiger partial charge in [0, 0.05) is 13.0 Å². The summed E-state index contributed by atoms with van der Waals surface area (Å²) in [4.78, 5) is 10.7. The Labute approximate surface area is 190 Å². The number of benzene rings is 3. The van der Waals surface area contributed by atoms with Crippen LogP contribution in [-0.2, 0) is 19.9 Å². The van der Waals surface area contributed by atoms with Crippen LogP contribution in [0.1, 0.15) is 49.3 Å². The van der Waals surface area contributed by atoms with Gasteiger partial charge in [-0.3, -0.25) is 4.79 Å². The summed E-state index contributed by atoms with van der Waals surface area (Å²) < 4.78 is 12.9. The van der Waals surface area contributed by atoms with Crippen molar-refractivity contribution in [2.45, 2.75) is 44.3 Å². The zero-order valence-corrected chi connectivity index (χ0v) is 18.7. The highest BCUT2D eigenvalue weighted by molar-refractivity contribution is 5.66. The van der Waals surface area contributed by atoms with Gasteiger partial charge in [-0.2, -0.15) is 0 Å². The molecule has 0 radical (unpaired) electrons. The fourth-order valence-corrected chi connectivity index (χ4v) is 3.90. The molecule has 0 bridgehead atoms. The Hall–Kier alpha value is -2.95. The van der Waals surface area contributed by atoms with Crippen molar-refractivity contribution in [1.82, 2.24) is 0 Å². The van der Waals surface area contributed by atoms with Crippen molar-refractivity contribution in [3.05, 3.63) is 108 Å². The summed E-state index contributed by atoms with van der Waals surface area (Å²) in [6.45, 7) is 3.04. The first-order chi connectivity index (χ1) is 15.7. The third kappa shape index (κ3) is 6.06. The Morgan fingerprint density at radius 2 is 1.28 bits per heavy atom. The van der Waals surface area contributed by atoms with Crippen molar-refractivity contribution >= 4 is 5.97 Å². The van der Waals surface area contributed by atoms with Crippen LogP contribution in [0.25, 0.3) is 0 Å². The maximum Gasteiger partial charge on any atom is 0.303 e. The summed E-state index contributed by atoms with van der Waals surface area (Å²) in [5.41, 5.74) is 2.43. The van der Waals surface area contributed by atoms with Crippen LogP contribution in [0.15, 0.2) is 91.0 Å². The Bertz CT molecular complexity index is 829. The highest BCUT2D eigenvalue weighted by atomic mass is 16.5. The van der Waals surface area contributed by atoms with E-state index in [4.69, 9.17) is 14.6 Å². The van der Waals surface area contributed by atoms with Crippen molar-refractivity contribution in [3.63, 3.8) is 0 Å². The van der Waals surface area contributed by atoms with Crippen LogP contribution in [0.3, 0.4) is 0 Å². The molecule has 0 aliphatic rings. The molecular weight excluding hydrogens is 400 g/mol. The van der Waals surface area contributed by atoms with Crippen LogP contribution in [0.4, 0.5) is 0 Å². The molecule has 1 N–H and O–H groups in total. The molecule has 0 amide bonds. The molecule has 4 nitrogen and oxygen atoms in total. The number of aliphatic carboxylic acids is 1. The highest BCUT2D eigenvalue weighted by Crippen LogP contribution is 2.40. The first kappa shape index (κ1) is 23.7. The van der Waals surface area contributed by atoms with E-state index in [0.717, 1.165) is 29.5 Å². The van der Waals surface area contributed by atoms with Crippen LogP contribution >= 0.6 is 0 Å². The first-order valence-corrected chi connectivity index (χ1v) is 11.3. The summed E-state index contributed by atoms with van der Waals surface area (Å²) in [6, 6.07) is 30.9. The molecule has 0 aromatic heterocycles. The Morgan fingerprint density at radius 3 is 1.69 bits per heavy atom. The normalized spacial score (nSPS) is 12.4. The fourth-order valence-electron chi connectivity index (χ4n) is 3.90. The van der Waals surface area contributed by atoms with Gasteiger partial charge in [0.2, 0.25) is 0 Å². The van der Waals surface area contributed by atoms with Gasteiger partial charge in [-0.1, -0.05) is 97.9 Å². The van der Waals surface area contributed by atoms with E-state index in [-0.39, 0.29) is 12.5 Å². The maximum absolute atomic E-state index is 10.7. The molecule has 0 aliphatic carbocycles. The van der Waals surface area contributed by atoms with Gasteiger partial charge < -0.3 is 14.6 Å². The molecule has 168 valence electrons. The molecule has 0 fully saturated rings. The van der Waals surface area contributed by atoms with Crippen molar-refractivity contribution in [1.29, 1.82) is 0 Å². The smallest absolute Gasteiger partial charge is 0.303 e. The number of rotatable bonds is 13. The summed E-state index contributed by atoms with van der Waals surface area (Å²) in [5.74, 6) is -0.765. The van der Waals surface area contributed by atoms with Gasteiger partial charge in [0.05, 0.1) is 12.7 Å². The second-order valence-corrected chi connectivity index (χ2v) is 7.84. The minimum absolute atomic E-state index is 0.0738. The molecule has 0 aliphatic heterocycles. The summed E-state index contributed by atoms with van der Waals surface area (Å²) in [5, 5.41) is 8.81. The van der Waals surface area contributed by atoms with Gasteiger partial charge >= 0.3 is 5.97 Å². The minimum Gasteiger partial charge on any atom is -0.481 e. The summed E-state index contributed by atoms with van der Waals surface area (Å²) in [7, 11) is 0. The van der Waals surface area contributed by atoms with E-state index in [9.17, 15) is 4.79 Å². The van der Waals surface area contributed by atoms with Crippen molar-refractivity contribution in [3.8, 4) is 0 Å². The van der Waals surface area contributed by atoms with Crippen molar-refractivity contribution in [2.24, 2.45) is 0 Å². The van der Waals surface area contributed by atoms with Gasteiger partial charge in [-0.05, 0) is 36.0 Å². The van der Waals surface area contributed by atoms with E-state index in [1.54, 1.807) is 0 Å². The third-order valence-corrected chi connectivity index (χ3v) is 5.62. The van der Waals surface area contributed by atoms with E-state index >= 15 is 0 Å². The Kier molecular flexibility index (Phi) is 9.02. The molecule has 0 saturated carbocycles. The van der Waals surface area contributed by atoms with Gasteiger partial charge in [0.15, 0.2) is 0 Å². The lowest BCUT2D eigenvalue weighted by Crippen LogP contribution is -2.36. The molecule has 0 spiro atoms. The predicted molar refractivity (Wildman–Crippen MR) is 127 cm³/mol. The highest BCUT2D eigenvalue weighted by Gasteiger charge is 2.38. The van der Waals surface area contributed by atoms with E-state index in [1.807, 2.05) is 54.6 Å². The number of hydrogen-bond donors (Lipinski definition) is 1. The zero-order valence-electron chi connectivity index (χ0n) is 18.7. The van der Waals surface area contributed by atoms with Gasteiger partial charge in [-0.25, -0.2) is 0 Å². The lowest BCUT2D eigenvalue weighted by Gasteiger charge is -2.37. The van der Waals surface area contributed by atoms with E-state index in [0.29, 0.717) is 19.6 Å².